The smallest absolute Gasteiger partial charge is 0.119 e. The van der Waals surface area contributed by atoms with Gasteiger partial charge in [0.2, 0.25) is 0 Å². The zero-order chi connectivity index (χ0) is 14.8. The third-order valence-corrected chi connectivity index (χ3v) is 5.38. The molecule has 2 nitrogen and oxygen atoms in total. The molecule has 1 unspecified atom stereocenters. The molecule has 0 aliphatic heterocycles. The van der Waals surface area contributed by atoms with Gasteiger partial charge in [-0.05, 0) is 67.2 Å². The molecule has 0 spiro atoms. The largest absolute Gasteiger partial charge is 0.497 e. The summed E-state index contributed by atoms with van der Waals surface area (Å²) in [5, 5.41) is 10.5. The Morgan fingerprint density at radius 2 is 2.00 bits per heavy atom. The van der Waals surface area contributed by atoms with Crippen LogP contribution in [0.3, 0.4) is 0 Å². The van der Waals surface area contributed by atoms with Crippen molar-refractivity contribution >= 4 is 15.9 Å². The molecule has 1 saturated carbocycles. The first-order valence-corrected chi connectivity index (χ1v) is 8.21. The molecule has 0 amide bonds. The van der Waals surface area contributed by atoms with Crippen LogP contribution in [0.1, 0.15) is 45.1 Å². The van der Waals surface area contributed by atoms with Crippen molar-refractivity contribution in [3.8, 4) is 5.75 Å². The van der Waals surface area contributed by atoms with E-state index in [0.29, 0.717) is 17.8 Å². The number of aliphatic hydroxyl groups excluding tert-OH is 1. The first-order valence-electron chi connectivity index (χ1n) is 7.42. The van der Waals surface area contributed by atoms with Crippen LogP contribution in [0.25, 0.3) is 0 Å². The summed E-state index contributed by atoms with van der Waals surface area (Å²) in [6, 6.07) is 5.94. The second-order valence-corrected chi connectivity index (χ2v) is 7.58. The van der Waals surface area contributed by atoms with Gasteiger partial charge in [-0.15, -0.1) is 0 Å². The van der Waals surface area contributed by atoms with Crippen molar-refractivity contribution in [2.24, 2.45) is 11.3 Å². The van der Waals surface area contributed by atoms with Gasteiger partial charge in [-0.3, -0.25) is 0 Å². The van der Waals surface area contributed by atoms with E-state index in [1.165, 1.54) is 12.8 Å². The number of benzene rings is 1. The molecule has 1 aliphatic carbocycles. The molecule has 2 rings (SSSR count). The number of hydrogen-bond donors (Lipinski definition) is 1. The van der Waals surface area contributed by atoms with Gasteiger partial charge in [0.15, 0.2) is 0 Å². The van der Waals surface area contributed by atoms with E-state index in [4.69, 9.17) is 4.74 Å². The molecule has 0 radical (unpaired) electrons. The van der Waals surface area contributed by atoms with Gasteiger partial charge in [0.05, 0.1) is 13.2 Å². The van der Waals surface area contributed by atoms with Gasteiger partial charge in [0.1, 0.15) is 5.75 Å². The van der Waals surface area contributed by atoms with Gasteiger partial charge < -0.3 is 9.84 Å². The second-order valence-electron chi connectivity index (χ2n) is 6.73. The number of rotatable bonds is 4. The monoisotopic (exact) mass is 340 g/mol. The van der Waals surface area contributed by atoms with Gasteiger partial charge >= 0.3 is 0 Å². The minimum Gasteiger partial charge on any atom is -0.497 e. The van der Waals surface area contributed by atoms with Crippen molar-refractivity contribution < 1.29 is 9.84 Å². The van der Waals surface area contributed by atoms with E-state index in [1.807, 2.05) is 18.2 Å². The van der Waals surface area contributed by atoms with Crippen molar-refractivity contribution in [1.29, 1.82) is 0 Å². The van der Waals surface area contributed by atoms with E-state index in [2.05, 4.69) is 29.8 Å². The van der Waals surface area contributed by atoms with E-state index in [-0.39, 0.29) is 6.10 Å². The zero-order valence-electron chi connectivity index (χ0n) is 12.7. The number of ether oxygens (including phenoxy) is 1. The lowest BCUT2D eigenvalue weighted by atomic mass is 9.71. The maximum Gasteiger partial charge on any atom is 0.119 e. The number of aliphatic hydroxyl groups is 1. The minimum atomic E-state index is -0.255. The van der Waals surface area contributed by atoms with Crippen LogP contribution in [0.5, 0.6) is 5.75 Å². The van der Waals surface area contributed by atoms with Crippen LogP contribution in [0, 0.1) is 11.3 Å². The highest BCUT2D eigenvalue weighted by Crippen LogP contribution is 2.40. The molecule has 20 heavy (non-hydrogen) atoms. The Balaban J connectivity index is 1.99. The van der Waals surface area contributed by atoms with E-state index in [1.54, 1.807) is 7.11 Å². The first-order chi connectivity index (χ1) is 9.41. The molecule has 0 heterocycles. The summed E-state index contributed by atoms with van der Waals surface area (Å²) >= 11 is 3.56. The average molecular weight is 341 g/mol. The normalized spacial score (nSPS) is 20.6. The third-order valence-electron chi connectivity index (χ3n) is 4.61. The second kappa shape index (κ2) is 6.48. The summed E-state index contributed by atoms with van der Waals surface area (Å²) < 4.78 is 6.31. The van der Waals surface area contributed by atoms with Gasteiger partial charge in [-0.25, -0.2) is 0 Å². The SMILES string of the molecule is COc1ccc(Br)c(CC(O)C2CCC(C)(C)CC2)c1. The van der Waals surface area contributed by atoms with Gasteiger partial charge in [0, 0.05) is 4.47 Å². The Labute approximate surface area is 130 Å². The number of hydrogen-bond acceptors (Lipinski definition) is 2. The minimum absolute atomic E-state index is 0.255. The summed E-state index contributed by atoms with van der Waals surface area (Å²) in [6.07, 6.45) is 5.14. The molecule has 1 aliphatic rings. The van der Waals surface area contributed by atoms with E-state index < -0.39 is 0 Å². The molecular formula is C17H25BrO2. The fourth-order valence-electron chi connectivity index (χ4n) is 3.03. The zero-order valence-corrected chi connectivity index (χ0v) is 14.2. The lowest BCUT2D eigenvalue weighted by molar-refractivity contribution is 0.0575. The number of halogens is 1. The summed E-state index contributed by atoms with van der Waals surface area (Å²) in [4.78, 5) is 0. The van der Waals surface area contributed by atoms with Gasteiger partial charge in [0.25, 0.3) is 0 Å². The quantitative estimate of drug-likeness (QED) is 0.869. The van der Waals surface area contributed by atoms with Crippen molar-refractivity contribution in [3.05, 3.63) is 28.2 Å². The molecule has 0 saturated heterocycles. The van der Waals surface area contributed by atoms with Crippen molar-refractivity contribution in [2.75, 3.05) is 7.11 Å². The molecule has 1 aromatic carbocycles. The van der Waals surface area contributed by atoms with E-state index >= 15 is 0 Å². The number of methoxy groups -OCH3 is 1. The predicted octanol–water partition coefficient (Wildman–Crippen LogP) is 4.58. The predicted molar refractivity (Wildman–Crippen MR) is 86.1 cm³/mol. The highest BCUT2D eigenvalue weighted by atomic mass is 79.9. The Kier molecular flexibility index (Phi) is 5.14. The van der Waals surface area contributed by atoms with Crippen LogP contribution in [-0.4, -0.2) is 18.3 Å². The Bertz CT molecular complexity index is 446. The molecule has 1 atom stereocenters. The molecule has 0 bridgehead atoms. The van der Waals surface area contributed by atoms with Crippen LogP contribution >= 0.6 is 15.9 Å². The molecular weight excluding hydrogens is 316 g/mol. The van der Waals surface area contributed by atoms with Crippen molar-refractivity contribution in [2.45, 2.75) is 52.1 Å². The summed E-state index contributed by atoms with van der Waals surface area (Å²) in [5.41, 5.74) is 1.58. The van der Waals surface area contributed by atoms with Gasteiger partial charge in [-0.1, -0.05) is 29.8 Å². The third kappa shape index (κ3) is 3.98. The van der Waals surface area contributed by atoms with Crippen molar-refractivity contribution in [1.82, 2.24) is 0 Å². The molecule has 1 fully saturated rings. The van der Waals surface area contributed by atoms with Crippen LogP contribution in [0.2, 0.25) is 0 Å². The van der Waals surface area contributed by atoms with Crippen LogP contribution < -0.4 is 4.74 Å². The Hall–Kier alpha value is -0.540. The Morgan fingerprint density at radius 3 is 2.60 bits per heavy atom. The fourth-order valence-corrected chi connectivity index (χ4v) is 3.44. The fraction of sp³-hybridized carbons (Fsp3) is 0.647. The lowest BCUT2D eigenvalue weighted by Gasteiger charge is -2.36. The van der Waals surface area contributed by atoms with Crippen LogP contribution in [0.15, 0.2) is 22.7 Å². The van der Waals surface area contributed by atoms with Crippen molar-refractivity contribution in [3.63, 3.8) is 0 Å². The standard InChI is InChI=1S/C17H25BrO2/c1-17(2)8-6-12(7-9-17)16(19)11-13-10-14(20-3)4-5-15(13)18/h4-5,10,12,16,19H,6-9,11H2,1-3H3. The van der Waals surface area contributed by atoms with Gasteiger partial charge in [-0.2, -0.15) is 0 Å². The maximum absolute atomic E-state index is 10.5. The summed E-state index contributed by atoms with van der Waals surface area (Å²) in [7, 11) is 1.67. The first kappa shape index (κ1) is 15.8. The highest BCUT2D eigenvalue weighted by molar-refractivity contribution is 9.10. The summed E-state index contributed by atoms with van der Waals surface area (Å²) in [6.45, 7) is 4.66. The van der Waals surface area contributed by atoms with Crippen LogP contribution in [-0.2, 0) is 6.42 Å². The average Bonchev–Trinajstić information content (AvgIpc) is 2.41. The lowest BCUT2D eigenvalue weighted by Crippen LogP contribution is -2.30. The van der Waals surface area contributed by atoms with Crippen LogP contribution in [0.4, 0.5) is 0 Å². The molecule has 1 N–H and O–H groups in total. The topological polar surface area (TPSA) is 29.5 Å². The van der Waals surface area contributed by atoms with E-state index in [0.717, 1.165) is 28.6 Å². The molecule has 1 aromatic rings. The molecule has 0 aromatic heterocycles. The maximum atomic E-state index is 10.5. The Morgan fingerprint density at radius 1 is 1.35 bits per heavy atom. The molecule has 112 valence electrons. The highest BCUT2D eigenvalue weighted by Gasteiger charge is 2.30. The summed E-state index contributed by atoms with van der Waals surface area (Å²) in [5.74, 6) is 1.28. The molecule has 3 heteroatoms. The van der Waals surface area contributed by atoms with E-state index in [9.17, 15) is 5.11 Å².